The van der Waals surface area contributed by atoms with E-state index in [-0.39, 0.29) is 35.1 Å². The summed E-state index contributed by atoms with van der Waals surface area (Å²) < 4.78 is 41.4. The molecule has 3 atom stereocenters. The highest BCUT2D eigenvalue weighted by Gasteiger charge is 2.42. The molecule has 2 unspecified atom stereocenters. The molecule has 0 aromatic heterocycles. The number of esters is 1. The van der Waals surface area contributed by atoms with E-state index in [1.807, 2.05) is 19.1 Å². The molecule has 0 bridgehead atoms. The lowest BCUT2D eigenvalue weighted by Gasteiger charge is -2.16. The third kappa shape index (κ3) is 5.94. The molecule has 2 aromatic carbocycles. The van der Waals surface area contributed by atoms with E-state index in [2.05, 4.69) is 5.32 Å². The minimum Gasteiger partial charge on any atom is -0.465 e. The highest BCUT2D eigenvalue weighted by molar-refractivity contribution is 7.90. The third-order valence-corrected chi connectivity index (χ3v) is 6.86. The second kappa shape index (κ2) is 9.81. The number of amides is 1. The van der Waals surface area contributed by atoms with Crippen molar-refractivity contribution in [2.24, 2.45) is 11.8 Å². The number of halogens is 1. The molecule has 1 N–H and O–H groups in total. The van der Waals surface area contributed by atoms with Crippen molar-refractivity contribution >= 4 is 21.7 Å². The molecule has 172 valence electrons. The summed E-state index contributed by atoms with van der Waals surface area (Å²) in [6, 6.07) is 11.4. The molecule has 0 aliphatic heterocycles. The van der Waals surface area contributed by atoms with Gasteiger partial charge in [0, 0.05) is 17.9 Å². The lowest BCUT2D eigenvalue weighted by atomic mass is 9.97. The van der Waals surface area contributed by atoms with Crippen LogP contribution >= 0.6 is 0 Å². The lowest BCUT2D eigenvalue weighted by Crippen LogP contribution is -2.28. The number of carbonyl (C=O) groups excluding carboxylic acids is 2. The van der Waals surface area contributed by atoms with Gasteiger partial charge in [0.25, 0.3) is 0 Å². The van der Waals surface area contributed by atoms with Crippen molar-refractivity contribution < 1.29 is 27.1 Å². The average molecular weight is 462 g/mol. The first-order valence-corrected chi connectivity index (χ1v) is 12.6. The topological polar surface area (TPSA) is 89.5 Å². The van der Waals surface area contributed by atoms with Crippen LogP contribution in [-0.4, -0.2) is 39.4 Å². The number of hydrogen-bond donors (Lipinski definition) is 1. The molecule has 2 aromatic rings. The van der Waals surface area contributed by atoms with Crippen molar-refractivity contribution in [1.82, 2.24) is 5.32 Å². The second-order valence-electron chi connectivity index (χ2n) is 8.38. The predicted molar refractivity (Wildman–Crippen MR) is 120 cm³/mol. The van der Waals surface area contributed by atoms with Gasteiger partial charge in [-0.15, -0.1) is 0 Å². The summed E-state index contributed by atoms with van der Waals surface area (Å²) in [7, 11) is -1.76. The molecule has 0 spiro atoms. The fraction of sp³-hybridized carbons (Fsp3) is 0.417. The van der Waals surface area contributed by atoms with Gasteiger partial charge in [-0.05, 0) is 54.9 Å². The van der Waals surface area contributed by atoms with Gasteiger partial charge in [0.15, 0.2) is 0 Å². The molecule has 8 heteroatoms. The SMILES string of the molecule is COC(=O)c1c(F)cccc1-c1ccc([C@@H](C)NC(=O)C2CC2CCCS(C)(=O)=O)cc1. The number of rotatable bonds is 9. The van der Waals surface area contributed by atoms with Crippen LogP contribution in [0.4, 0.5) is 4.39 Å². The zero-order valence-corrected chi connectivity index (χ0v) is 19.2. The maximum Gasteiger partial charge on any atom is 0.341 e. The highest BCUT2D eigenvalue weighted by Crippen LogP contribution is 2.42. The summed E-state index contributed by atoms with van der Waals surface area (Å²) >= 11 is 0. The quantitative estimate of drug-likeness (QED) is 0.572. The van der Waals surface area contributed by atoms with E-state index >= 15 is 0 Å². The Morgan fingerprint density at radius 3 is 2.50 bits per heavy atom. The van der Waals surface area contributed by atoms with Crippen LogP contribution in [0.5, 0.6) is 0 Å². The van der Waals surface area contributed by atoms with E-state index in [9.17, 15) is 22.4 Å². The van der Waals surface area contributed by atoms with Crippen LogP contribution in [0.3, 0.4) is 0 Å². The number of hydrogen-bond acceptors (Lipinski definition) is 5. The molecule has 1 amide bonds. The first kappa shape index (κ1) is 23.9. The maximum atomic E-state index is 14.2. The van der Waals surface area contributed by atoms with Crippen molar-refractivity contribution in [1.29, 1.82) is 0 Å². The van der Waals surface area contributed by atoms with Crippen molar-refractivity contribution in [2.75, 3.05) is 19.1 Å². The highest BCUT2D eigenvalue weighted by atomic mass is 32.2. The standard InChI is InChI=1S/C24H28FNO5S/c1-15(26-23(27)20-14-18(20)6-5-13-32(3,29)30)16-9-11-17(12-10-16)19-7-4-8-21(25)22(19)24(28)31-2/h4,7-12,15,18,20H,5-6,13-14H2,1-3H3,(H,26,27)/t15-,18?,20?/m1/s1. The second-order valence-corrected chi connectivity index (χ2v) is 10.6. The monoisotopic (exact) mass is 461 g/mol. The molecule has 1 fully saturated rings. The van der Waals surface area contributed by atoms with Gasteiger partial charge in [-0.1, -0.05) is 36.4 Å². The number of benzene rings is 2. The van der Waals surface area contributed by atoms with Gasteiger partial charge in [0.1, 0.15) is 21.2 Å². The van der Waals surface area contributed by atoms with E-state index < -0.39 is 21.6 Å². The van der Waals surface area contributed by atoms with E-state index in [1.165, 1.54) is 25.5 Å². The number of methoxy groups -OCH3 is 1. The van der Waals surface area contributed by atoms with Crippen molar-refractivity contribution in [3.63, 3.8) is 0 Å². The van der Waals surface area contributed by atoms with Crippen LogP contribution in [0, 0.1) is 17.7 Å². The Hall–Kier alpha value is -2.74. The zero-order chi connectivity index (χ0) is 23.5. The first-order chi connectivity index (χ1) is 15.1. The van der Waals surface area contributed by atoms with Crippen LogP contribution in [0.25, 0.3) is 11.1 Å². The molecular weight excluding hydrogens is 433 g/mol. The fourth-order valence-electron chi connectivity index (χ4n) is 3.92. The zero-order valence-electron chi connectivity index (χ0n) is 18.4. The number of nitrogens with one attached hydrogen (secondary N) is 1. The van der Waals surface area contributed by atoms with Crippen LogP contribution in [0.15, 0.2) is 42.5 Å². The molecule has 0 heterocycles. The van der Waals surface area contributed by atoms with Crippen LogP contribution in [-0.2, 0) is 19.4 Å². The normalized spacial score (nSPS) is 18.6. The van der Waals surface area contributed by atoms with Gasteiger partial charge in [0.05, 0.1) is 13.2 Å². The number of carbonyl (C=O) groups is 2. The summed E-state index contributed by atoms with van der Waals surface area (Å²) in [6.07, 6.45) is 3.33. The minimum absolute atomic E-state index is 0.0240. The van der Waals surface area contributed by atoms with Crippen LogP contribution in [0.2, 0.25) is 0 Å². The predicted octanol–water partition coefficient (Wildman–Crippen LogP) is 3.92. The Morgan fingerprint density at radius 1 is 1.19 bits per heavy atom. The summed E-state index contributed by atoms with van der Waals surface area (Å²) in [6.45, 7) is 1.88. The molecule has 0 saturated heterocycles. The van der Waals surface area contributed by atoms with Crippen molar-refractivity contribution in [3.8, 4) is 11.1 Å². The maximum absolute atomic E-state index is 14.2. The lowest BCUT2D eigenvalue weighted by molar-refractivity contribution is -0.123. The molecular formula is C24H28FNO5S. The van der Waals surface area contributed by atoms with E-state index in [4.69, 9.17) is 4.74 Å². The summed E-state index contributed by atoms with van der Waals surface area (Å²) in [4.78, 5) is 24.5. The van der Waals surface area contributed by atoms with Gasteiger partial charge in [0.2, 0.25) is 5.91 Å². The number of sulfone groups is 1. The molecule has 1 saturated carbocycles. The molecule has 32 heavy (non-hydrogen) atoms. The van der Waals surface area contributed by atoms with E-state index in [0.29, 0.717) is 17.5 Å². The van der Waals surface area contributed by atoms with Gasteiger partial charge in [-0.3, -0.25) is 4.79 Å². The molecule has 6 nitrogen and oxygen atoms in total. The van der Waals surface area contributed by atoms with Gasteiger partial charge >= 0.3 is 5.97 Å². The molecule has 0 radical (unpaired) electrons. The van der Waals surface area contributed by atoms with Crippen LogP contribution in [0.1, 0.15) is 48.1 Å². The van der Waals surface area contributed by atoms with E-state index in [1.54, 1.807) is 18.2 Å². The summed E-state index contributed by atoms with van der Waals surface area (Å²) in [5.74, 6) is -1.07. The minimum atomic E-state index is -2.97. The molecule has 3 rings (SSSR count). The summed E-state index contributed by atoms with van der Waals surface area (Å²) in [5.41, 5.74) is 1.88. The number of ether oxygens (including phenoxy) is 1. The van der Waals surface area contributed by atoms with E-state index in [0.717, 1.165) is 18.4 Å². The average Bonchev–Trinajstić information content (AvgIpc) is 3.52. The fourth-order valence-corrected chi connectivity index (χ4v) is 4.62. The van der Waals surface area contributed by atoms with Crippen molar-refractivity contribution in [2.45, 2.75) is 32.2 Å². The Balaban J connectivity index is 1.61. The molecule has 1 aliphatic carbocycles. The van der Waals surface area contributed by atoms with Gasteiger partial charge in [-0.25, -0.2) is 17.6 Å². The van der Waals surface area contributed by atoms with Gasteiger partial charge in [-0.2, -0.15) is 0 Å². The third-order valence-electron chi connectivity index (χ3n) is 5.83. The van der Waals surface area contributed by atoms with Crippen molar-refractivity contribution in [3.05, 3.63) is 59.4 Å². The van der Waals surface area contributed by atoms with Gasteiger partial charge < -0.3 is 10.1 Å². The summed E-state index contributed by atoms with van der Waals surface area (Å²) in [5, 5.41) is 3.01. The Labute approximate surface area is 188 Å². The Morgan fingerprint density at radius 2 is 1.88 bits per heavy atom. The van der Waals surface area contributed by atoms with Crippen LogP contribution < -0.4 is 5.32 Å². The first-order valence-electron chi connectivity index (χ1n) is 10.6. The smallest absolute Gasteiger partial charge is 0.341 e. The largest absolute Gasteiger partial charge is 0.465 e. The Kier molecular flexibility index (Phi) is 7.33. The Bertz CT molecular complexity index is 1100. The molecule has 1 aliphatic rings.